The van der Waals surface area contributed by atoms with E-state index in [-0.39, 0.29) is 0 Å². The monoisotopic (exact) mass is 315 g/mol. The summed E-state index contributed by atoms with van der Waals surface area (Å²) in [5.74, 6) is 1.54. The van der Waals surface area contributed by atoms with E-state index in [2.05, 4.69) is 18.7 Å². The SMILES string of the molecule is CC(C)C1CCN(CCC(O)c2cccc(Cl)c2Cl)C1. The lowest BCUT2D eigenvalue weighted by molar-refractivity contribution is 0.147. The van der Waals surface area contributed by atoms with Crippen LogP contribution in [0.5, 0.6) is 0 Å². The van der Waals surface area contributed by atoms with E-state index in [4.69, 9.17) is 23.2 Å². The summed E-state index contributed by atoms with van der Waals surface area (Å²) in [6, 6.07) is 5.42. The predicted octanol–water partition coefficient (Wildman–Crippen LogP) is 4.39. The van der Waals surface area contributed by atoms with Crippen LogP contribution in [0.15, 0.2) is 18.2 Å². The van der Waals surface area contributed by atoms with Gasteiger partial charge in [-0.05, 0) is 37.3 Å². The summed E-state index contributed by atoms with van der Waals surface area (Å²) >= 11 is 12.1. The Morgan fingerprint density at radius 2 is 2.10 bits per heavy atom. The van der Waals surface area contributed by atoms with Gasteiger partial charge in [0.1, 0.15) is 0 Å². The molecular weight excluding hydrogens is 293 g/mol. The molecule has 4 heteroatoms. The highest BCUT2D eigenvalue weighted by atomic mass is 35.5. The maximum atomic E-state index is 10.3. The van der Waals surface area contributed by atoms with Crippen molar-refractivity contribution in [3.8, 4) is 0 Å². The zero-order chi connectivity index (χ0) is 14.7. The minimum Gasteiger partial charge on any atom is -0.388 e. The molecule has 2 nitrogen and oxygen atoms in total. The fourth-order valence-corrected chi connectivity index (χ4v) is 3.28. The molecule has 20 heavy (non-hydrogen) atoms. The van der Waals surface area contributed by atoms with Crippen LogP contribution in [0.2, 0.25) is 10.0 Å². The van der Waals surface area contributed by atoms with Gasteiger partial charge in [0.05, 0.1) is 16.1 Å². The first-order valence-electron chi connectivity index (χ1n) is 7.33. The Kier molecular flexibility index (Phi) is 5.74. The minimum absolute atomic E-state index is 0.475. The number of benzene rings is 1. The number of rotatable bonds is 5. The number of aliphatic hydroxyl groups excluding tert-OH is 1. The number of halogens is 2. The lowest BCUT2D eigenvalue weighted by Gasteiger charge is -2.20. The van der Waals surface area contributed by atoms with Crippen molar-refractivity contribution in [1.82, 2.24) is 4.90 Å². The number of hydrogen-bond acceptors (Lipinski definition) is 2. The standard InChI is InChI=1S/C16H23Cl2NO/c1-11(2)12-6-8-19(10-12)9-7-15(20)13-4-3-5-14(17)16(13)18/h3-5,11-12,15,20H,6-10H2,1-2H3. The van der Waals surface area contributed by atoms with Gasteiger partial charge in [0.2, 0.25) is 0 Å². The lowest BCUT2D eigenvalue weighted by atomic mass is 9.95. The van der Waals surface area contributed by atoms with E-state index in [0.29, 0.717) is 16.5 Å². The van der Waals surface area contributed by atoms with E-state index in [1.54, 1.807) is 6.07 Å². The summed E-state index contributed by atoms with van der Waals surface area (Å²) in [6.45, 7) is 7.77. The molecule has 2 rings (SSSR count). The van der Waals surface area contributed by atoms with E-state index >= 15 is 0 Å². The first-order chi connectivity index (χ1) is 9.49. The van der Waals surface area contributed by atoms with E-state index < -0.39 is 6.10 Å². The molecule has 0 aromatic heterocycles. The topological polar surface area (TPSA) is 23.5 Å². The molecule has 0 spiro atoms. The van der Waals surface area contributed by atoms with Gasteiger partial charge < -0.3 is 10.0 Å². The average molecular weight is 316 g/mol. The molecule has 1 heterocycles. The molecule has 1 aliphatic heterocycles. The van der Waals surface area contributed by atoms with Gasteiger partial charge in [-0.25, -0.2) is 0 Å². The van der Waals surface area contributed by atoms with Crippen LogP contribution in [0.3, 0.4) is 0 Å². The highest BCUT2D eigenvalue weighted by Crippen LogP contribution is 2.32. The van der Waals surface area contributed by atoms with Crippen LogP contribution < -0.4 is 0 Å². The summed E-state index contributed by atoms with van der Waals surface area (Å²) < 4.78 is 0. The molecule has 0 radical (unpaired) electrons. The maximum absolute atomic E-state index is 10.3. The van der Waals surface area contributed by atoms with Crippen LogP contribution in [0.4, 0.5) is 0 Å². The summed E-state index contributed by atoms with van der Waals surface area (Å²) in [4.78, 5) is 2.44. The first-order valence-corrected chi connectivity index (χ1v) is 8.09. The predicted molar refractivity (Wildman–Crippen MR) is 85.4 cm³/mol. The zero-order valence-corrected chi connectivity index (χ0v) is 13.7. The molecule has 112 valence electrons. The molecule has 1 fully saturated rings. The number of likely N-dealkylation sites (tertiary alicyclic amines) is 1. The van der Waals surface area contributed by atoms with Gasteiger partial charge in [-0.15, -0.1) is 0 Å². The van der Waals surface area contributed by atoms with Gasteiger partial charge in [-0.1, -0.05) is 49.2 Å². The van der Waals surface area contributed by atoms with Gasteiger partial charge in [0, 0.05) is 18.7 Å². The second-order valence-electron chi connectivity index (χ2n) is 6.04. The maximum Gasteiger partial charge on any atom is 0.0817 e. The highest BCUT2D eigenvalue weighted by molar-refractivity contribution is 6.42. The normalized spacial score (nSPS) is 21.6. The van der Waals surface area contributed by atoms with E-state index in [1.807, 2.05) is 12.1 Å². The van der Waals surface area contributed by atoms with E-state index in [0.717, 1.165) is 37.0 Å². The highest BCUT2D eigenvalue weighted by Gasteiger charge is 2.25. The Hall–Kier alpha value is -0.280. The molecule has 0 bridgehead atoms. The molecule has 1 saturated heterocycles. The van der Waals surface area contributed by atoms with Gasteiger partial charge in [-0.2, -0.15) is 0 Å². The second-order valence-corrected chi connectivity index (χ2v) is 6.83. The Bertz CT molecular complexity index is 450. The number of hydrogen-bond donors (Lipinski definition) is 1. The summed E-state index contributed by atoms with van der Waals surface area (Å²) in [5, 5.41) is 11.3. The second kappa shape index (κ2) is 7.13. The van der Waals surface area contributed by atoms with Crippen LogP contribution in [0.1, 0.15) is 38.4 Å². The van der Waals surface area contributed by atoms with Crippen molar-refractivity contribution < 1.29 is 5.11 Å². The molecule has 2 unspecified atom stereocenters. The Morgan fingerprint density at radius 1 is 1.35 bits per heavy atom. The summed E-state index contributed by atoms with van der Waals surface area (Å²) in [7, 11) is 0. The molecule has 1 aromatic rings. The molecule has 1 N–H and O–H groups in total. The van der Waals surface area contributed by atoms with Crippen molar-refractivity contribution in [3.63, 3.8) is 0 Å². The van der Waals surface area contributed by atoms with Gasteiger partial charge in [-0.3, -0.25) is 0 Å². The molecular formula is C16H23Cl2NO. The lowest BCUT2D eigenvalue weighted by Crippen LogP contribution is -2.24. The van der Waals surface area contributed by atoms with Crippen molar-refractivity contribution in [3.05, 3.63) is 33.8 Å². The van der Waals surface area contributed by atoms with E-state index in [9.17, 15) is 5.11 Å². The third-order valence-corrected chi connectivity index (χ3v) is 5.14. The van der Waals surface area contributed by atoms with Crippen molar-refractivity contribution in [2.45, 2.75) is 32.8 Å². The van der Waals surface area contributed by atoms with Crippen LogP contribution in [0.25, 0.3) is 0 Å². The quantitative estimate of drug-likeness (QED) is 0.870. The van der Waals surface area contributed by atoms with Crippen LogP contribution in [-0.2, 0) is 0 Å². The van der Waals surface area contributed by atoms with Gasteiger partial charge in [0.15, 0.2) is 0 Å². The largest absolute Gasteiger partial charge is 0.388 e. The number of aliphatic hydroxyl groups is 1. The molecule has 0 amide bonds. The Morgan fingerprint density at radius 3 is 2.75 bits per heavy atom. The average Bonchev–Trinajstić information content (AvgIpc) is 2.88. The molecule has 1 aromatic carbocycles. The molecule has 0 saturated carbocycles. The fourth-order valence-electron chi connectivity index (χ4n) is 2.85. The van der Waals surface area contributed by atoms with Crippen molar-refractivity contribution in [1.29, 1.82) is 0 Å². The van der Waals surface area contributed by atoms with Gasteiger partial charge >= 0.3 is 0 Å². The third kappa shape index (κ3) is 3.88. The van der Waals surface area contributed by atoms with Crippen LogP contribution in [0, 0.1) is 11.8 Å². The Balaban J connectivity index is 1.87. The number of nitrogens with zero attached hydrogens (tertiary/aromatic N) is 1. The van der Waals surface area contributed by atoms with Crippen LogP contribution in [-0.4, -0.2) is 29.6 Å². The van der Waals surface area contributed by atoms with Crippen molar-refractivity contribution in [2.24, 2.45) is 11.8 Å². The third-order valence-electron chi connectivity index (χ3n) is 4.31. The minimum atomic E-state index is -0.542. The Labute approximate surface area is 131 Å². The summed E-state index contributed by atoms with van der Waals surface area (Å²) in [6.07, 6.45) is 1.43. The fraction of sp³-hybridized carbons (Fsp3) is 0.625. The molecule has 2 atom stereocenters. The first kappa shape index (κ1) is 16.1. The molecule has 0 aliphatic carbocycles. The smallest absolute Gasteiger partial charge is 0.0817 e. The van der Waals surface area contributed by atoms with Gasteiger partial charge in [0.25, 0.3) is 0 Å². The molecule has 1 aliphatic rings. The zero-order valence-electron chi connectivity index (χ0n) is 12.1. The van der Waals surface area contributed by atoms with Crippen molar-refractivity contribution in [2.75, 3.05) is 19.6 Å². The summed E-state index contributed by atoms with van der Waals surface area (Å²) in [5.41, 5.74) is 0.735. The van der Waals surface area contributed by atoms with E-state index in [1.165, 1.54) is 6.42 Å². The van der Waals surface area contributed by atoms with Crippen LogP contribution >= 0.6 is 23.2 Å². The van der Waals surface area contributed by atoms with Crippen molar-refractivity contribution >= 4 is 23.2 Å².